The maximum Gasteiger partial charge on any atom is 0.308 e. The molecular formula is C14H20N2O4S. The number of aliphatic carboxylic acids is 1. The van der Waals surface area contributed by atoms with E-state index in [-0.39, 0.29) is 5.91 Å². The number of nitrogens with zero attached hydrogens (tertiary/aromatic N) is 2. The second kappa shape index (κ2) is 6.98. The number of thioether (sulfide) groups is 1. The van der Waals surface area contributed by atoms with Crippen molar-refractivity contribution in [3.8, 4) is 0 Å². The van der Waals surface area contributed by atoms with Crippen molar-refractivity contribution < 1.29 is 19.2 Å². The van der Waals surface area contributed by atoms with E-state index in [1.54, 1.807) is 4.90 Å². The van der Waals surface area contributed by atoms with Crippen LogP contribution in [0.2, 0.25) is 0 Å². The van der Waals surface area contributed by atoms with Gasteiger partial charge in [-0.1, -0.05) is 5.16 Å². The summed E-state index contributed by atoms with van der Waals surface area (Å²) in [6.07, 6.45) is 1.42. The zero-order chi connectivity index (χ0) is 15.4. The summed E-state index contributed by atoms with van der Waals surface area (Å²) in [6, 6.07) is 0. The van der Waals surface area contributed by atoms with Crippen LogP contribution >= 0.6 is 11.8 Å². The third-order valence-corrected chi connectivity index (χ3v) is 4.72. The fraction of sp³-hybridized carbons (Fsp3) is 0.643. The van der Waals surface area contributed by atoms with E-state index in [1.165, 1.54) is 11.8 Å². The summed E-state index contributed by atoms with van der Waals surface area (Å²) in [5.41, 5.74) is 1.89. The maximum absolute atomic E-state index is 12.1. The van der Waals surface area contributed by atoms with Crippen LogP contribution in [-0.4, -0.2) is 45.9 Å². The van der Waals surface area contributed by atoms with Gasteiger partial charge in [-0.05, 0) is 26.7 Å². The van der Waals surface area contributed by atoms with E-state index >= 15 is 0 Å². The zero-order valence-corrected chi connectivity index (χ0v) is 13.1. The Morgan fingerprint density at radius 3 is 2.86 bits per heavy atom. The number of hydrogen-bond acceptors (Lipinski definition) is 5. The molecule has 0 bridgehead atoms. The first-order valence-electron chi connectivity index (χ1n) is 6.99. The molecule has 0 saturated carbocycles. The maximum atomic E-state index is 12.1. The average molecular weight is 312 g/mol. The number of carboxylic acids is 1. The lowest BCUT2D eigenvalue weighted by atomic mass is 9.98. The monoisotopic (exact) mass is 312 g/mol. The number of carboxylic acid groups (broad SMARTS) is 1. The third kappa shape index (κ3) is 4.00. The first kappa shape index (κ1) is 15.9. The van der Waals surface area contributed by atoms with Crippen molar-refractivity contribution >= 4 is 23.6 Å². The third-order valence-electron chi connectivity index (χ3n) is 3.78. The van der Waals surface area contributed by atoms with Gasteiger partial charge >= 0.3 is 5.97 Å². The number of amides is 1. The molecule has 1 aromatic rings. The van der Waals surface area contributed by atoms with E-state index in [2.05, 4.69) is 5.16 Å². The minimum Gasteiger partial charge on any atom is -0.481 e. The number of rotatable bonds is 5. The molecule has 0 spiro atoms. The molecule has 0 aromatic carbocycles. The van der Waals surface area contributed by atoms with Crippen LogP contribution in [0.4, 0.5) is 0 Å². The first-order chi connectivity index (χ1) is 9.99. The first-order valence-corrected chi connectivity index (χ1v) is 8.14. The number of hydrogen-bond donors (Lipinski definition) is 1. The molecule has 1 aromatic heterocycles. The van der Waals surface area contributed by atoms with Gasteiger partial charge in [0.25, 0.3) is 0 Å². The van der Waals surface area contributed by atoms with Crippen molar-refractivity contribution in [2.45, 2.75) is 32.4 Å². The number of carbonyl (C=O) groups is 2. The van der Waals surface area contributed by atoms with Crippen molar-refractivity contribution in [2.75, 3.05) is 18.8 Å². The Morgan fingerprint density at radius 2 is 2.24 bits per heavy atom. The van der Waals surface area contributed by atoms with Gasteiger partial charge in [-0.25, -0.2) is 0 Å². The second-order valence-corrected chi connectivity index (χ2v) is 6.30. The number of carbonyl (C=O) groups excluding carboxylic acids is 1. The van der Waals surface area contributed by atoms with Crippen molar-refractivity contribution in [1.82, 2.24) is 10.1 Å². The normalized spacial score (nSPS) is 18.8. The Hall–Kier alpha value is -1.50. The Labute approximate surface area is 127 Å². The Morgan fingerprint density at radius 1 is 1.48 bits per heavy atom. The highest BCUT2D eigenvalue weighted by Crippen LogP contribution is 2.21. The minimum atomic E-state index is -0.809. The molecule has 21 heavy (non-hydrogen) atoms. The van der Waals surface area contributed by atoms with Gasteiger partial charge in [0, 0.05) is 24.4 Å². The van der Waals surface area contributed by atoms with Crippen LogP contribution in [0, 0.1) is 19.8 Å². The van der Waals surface area contributed by atoms with Crippen LogP contribution in [0.3, 0.4) is 0 Å². The van der Waals surface area contributed by atoms with E-state index in [0.717, 1.165) is 23.4 Å². The summed E-state index contributed by atoms with van der Waals surface area (Å²) in [4.78, 5) is 24.8. The van der Waals surface area contributed by atoms with Gasteiger partial charge in [0.15, 0.2) is 0 Å². The summed E-state index contributed by atoms with van der Waals surface area (Å²) < 4.78 is 5.09. The van der Waals surface area contributed by atoms with Crippen LogP contribution in [0.1, 0.15) is 29.9 Å². The van der Waals surface area contributed by atoms with E-state index in [9.17, 15) is 9.59 Å². The molecule has 2 heterocycles. The molecule has 1 amide bonds. The van der Waals surface area contributed by atoms with E-state index in [1.807, 2.05) is 13.8 Å². The number of aryl methyl sites for hydroxylation is 2. The van der Waals surface area contributed by atoms with Gasteiger partial charge < -0.3 is 14.5 Å². The fourth-order valence-corrected chi connectivity index (χ4v) is 3.52. The summed E-state index contributed by atoms with van der Waals surface area (Å²) >= 11 is 1.51. The number of piperidine rings is 1. The van der Waals surface area contributed by atoms with Gasteiger partial charge in [-0.3, -0.25) is 9.59 Å². The Kier molecular flexibility index (Phi) is 5.27. The highest BCUT2D eigenvalue weighted by molar-refractivity contribution is 7.99. The van der Waals surface area contributed by atoms with Crippen molar-refractivity contribution in [3.05, 3.63) is 17.0 Å². The van der Waals surface area contributed by atoms with Gasteiger partial charge in [0.1, 0.15) is 5.76 Å². The lowest BCUT2D eigenvalue weighted by molar-refractivity contribution is -0.145. The van der Waals surface area contributed by atoms with Gasteiger partial charge in [0.2, 0.25) is 5.91 Å². The van der Waals surface area contributed by atoms with Crippen LogP contribution in [-0.2, 0) is 15.3 Å². The van der Waals surface area contributed by atoms with Gasteiger partial charge in [0.05, 0.1) is 17.4 Å². The molecule has 7 heteroatoms. The molecule has 116 valence electrons. The molecule has 0 radical (unpaired) electrons. The highest BCUT2D eigenvalue weighted by atomic mass is 32.2. The van der Waals surface area contributed by atoms with Gasteiger partial charge in [-0.2, -0.15) is 0 Å². The van der Waals surface area contributed by atoms with Gasteiger partial charge in [-0.15, -0.1) is 11.8 Å². The Balaban J connectivity index is 1.80. The van der Waals surface area contributed by atoms with Crippen molar-refractivity contribution in [3.63, 3.8) is 0 Å². The molecule has 0 aliphatic carbocycles. The minimum absolute atomic E-state index is 0.0118. The second-order valence-electron chi connectivity index (χ2n) is 5.31. The van der Waals surface area contributed by atoms with Crippen LogP contribution in [0.5, 0.6) is 0 Å². The average Bonchev–Trinajstić information content (AvgIpc) is 2.79. The zero-order valence-electron chi connectivity index (χ0n) is 12.3. The molecule has 6 nitrogen and oxygen atoms in total. The molecule has 0 unspecified atom stereocenters. The lowest BCUT2D eigenvalue weighted by Crippen LogP contribution is -2.43. The number of aromatic nitrogens is 1. The molecule has 1 N–H and O–H groups in total. The lowest BCUT2D eigenvalue weighted by Gasteiger charge is -2.30. The highest BCUT2D eigenvalue weighted by Gasteiger charge is 2.27. The smallest absolute Gasteiger partial charge is 0.308 e. The van der Waals surface area contributed by atoms with Crippen molar-refractivity contribution in [1.29, 1.82) is 0 Å². The molecule has 2 rings (SSSR count). The summed E-state index contributed by atoms with van der Waals surface area (Å²) in [7, 11) is 0. The van der Waals surface area contributed by atoms with E-state index in [4.69, 9.17) is 9.63 Å². The molecule has 1 fully saturated rings. The predicted molar refractivity (Wildman–Crippen MR) is 79.1 cm³/mol. The molecule has 1 aliphatic rings. The quantitative estimate of drug-likeness (QED) is 0.893. The summed E-state index contributed by atoms with van der Waals surface area (Å²) in [6.45, 7) is 4.74. The molecular weight excluding hydrogens is 292 g/mol. The topological polar surface area (TPSA) is 83.6 Å². The van der Waals surface area contributed by atoms with Crippen LogP contribution in [0.25, 0.3) is 0 Å². The molecule has 1 saturated heterocycles. The number of likely N-dealkylation sites (tertiary alicyclic amines) is 1. The van der Waals surface area contributed by atoms with Crippen LogP contribution in [0.15, 0.2) is 4.52 Å². The standard InChI is InChI=1S/C14H20N2O4S/c1-9-12(10(2)20-15-9)7-21-8-13(17)16-5-3-4-11(6-16)14(18)19/h11H,3-8H2,1-2H3,(H,18,19)/t11-/m1/s1. The predicted octanol–water partition coefficient (Wildman–Crippen LogP) is 1.85. The SMILES string of the molecule is Cc1noc(C)c1CSCC(=O)N1CCC[C@@H](C(=O)O)C1. The van der Waals surface area contributed by atoms with Crippen LogP contribution < -0.4 is 0 Å². The summed E-state index contributed by atoms with van der Waals surface area (Å²) in [5, 5.41) is 12.9. The van der Waals surface area contributed by atoms with E-state index < -0.39 is 11.9 Å². The van der Waals surface area contributed by atoms with E-state index in [0.29, 0.717) is 31.0 Å². The Bertz CT molecular complexity index is 510. The van der Waals surface area contributed by atoms with Crippen molar-refractivity contribution in [2.24, 2.45) is 5.92 Å². The molecule has 1 aliphatic heterocycles. The summed E-state index contributed by atoms with van der Waals surface area (Å²) in [5.74, 6) is 0.611. The largest absolute Gasteiger partial charge is 0.481 e. The molecule has 1 atom stereocenters. The fourth-order valence-electron chi connectivity index (χ4n) is 2.44.